The van der Waals surface area contributed by atoms with Crippen molar-refractivity contribution in [3.8, 4) is 0 Å². The van der Waals surface area contributed by atoms with Crippen LogP contribution in [0.3, 0.4) is 0 Å². The number of hydrogen-bond donors (Lipinski definition) is 15. The third-order valence-corrected chi connectivity index (χ3v) is 12.4. The molecule has 5 unspecified atom stereocenters. The van der Waals surface area contributed by atoms with Crippen molar-refractivity contribution in [2.45, 2.75) is 204 Å². The molecule has 0 saturated carbocycles. The zero-order chi connectivity index (χ0) is 58.8. The molecule has 0 saturated heterocycles. The first kappa shape index (κ1) is 73.4. The van der Waals surface area contributed by atoms with Gasteiger partial charge in [0.25, 0.3) is 0 Å². The molecule has 450 valence electrons. The van der Waals surface area contributed by atoms with Crippen LogP contribution in [0.5, 0.6) is 0 Å². The third kappa shape index (κ3) is 43.4. The standard InChI is InChI=1S/C50H99N19O7.CH4O/c1-2-36(24-19-29-61-46(51)52)41(71)66-37(25-20-30-62-47(53)54)42(72)67-38(26-21-31-63-48(55)56)43(73)68-39(27-22-32-64-49(57)58)44(74)69-40(28-23-33-65-50(59)60)45(75)76-35-18-16-14-12-10-8-6-4-3-5-7-9-11-13-15-17-34-70;1-2/h34,36-40H,2-33,35H2,1H3,(H,66,71)(H,67,72)(H,68,73)(H,69,74)(H4,51,52,61)(H4,53,54,62)(H4,55,56,63)(H4,57,58,64)(H4,59,60,65);2H,1H3. The van der Waals surface area contributed by atoms with Crippen molar-refractivity contribution in [1.29, 1.82) is 0 Å². The summed E-state index contributed by atoms with van der Waals surface area (Å²) in [6.45, 7) is 2.89. The average Bonchev–Trinajstić information content (AvgIpc) is 3.39. The largest absolute Gasteiger partial charge is 0.464 e. The van der Waals surface area contributed by atoms with Gasteiger partial charge >= 0.3 is 5.97 Å². The lowest BCUT2D eigenvalue weighted by Crippen LogP contribution is -2.58. The van der Waals surface area contributed by atoms with Crippen LogP contribution in [0.4, 0.5) is 0 Å². The first-order valence-electron chi connectivity index (χ1n) is 27.9. The Morgan fingerprint density at radius 2 is 0.667 bits per heavy atom. The molecule has 78 heavy (non-hydrogen) atoms. The molecule has 0 spiro atoms. The minimum absolute atomic E-state index is 0.0141. The van der Waals surface area contributed by atoms with Gasteiger partial charge in [0.05, 0.1) is 6.61 Å². The number of aliphatic hydroxyl groups is 1. The smallest absolute Gasteiger partial charge is 0.328 e. The van der Waals surface area contributed by atoms with Crippen LogP contribution in [0, 0.1) is 5.92 Å². The molecular weight excluding hydrogens is 1010 g/mol. The van der Waals surface area contributed by atoms with E-state index in [-0.39, 0.29) is 107 Å². The van der Waals surface area contributed by atoms with Gasteiger partial charge in [0.1, 0.15) is 30.5 Å². The Hall–Kier alpha value is -6.67. The summed E-state index contributed by atoms with van der Waals surface area (Å²) >= 11 is 0. The van der Waals surface area contributed by atoms with Crippen LogP contribution < -0.4 is 78.6 Å². The molecule has 0 radical (unpaired) electrons. The number of nitrogens with two attached hydrogens (primary N) is 10. The summed E-state index contributed by atoms with van der Waals surface area (Å²) in [5.41, 5.74) is 55.2. The molecule has 5 atom stereocenters. The Balaban J connectivity index is 0. The molecule has 0 aromatic rings. The van der Waals surface area contributed by atoms with E-state index in [1.807, 2.05) is 6.92 Å². The number of guanidine groups is 5. The lowest BCUT2D eigenvalue weighted by atomic mass is 9.98. The fourth-order valence-electron chi connectivity index (χ4n) is 8.14. The number of amides is 4. The van der Waals surface area contributed by atoms with E-state index in [4.69, 9.17) is 67.2 Å². The van der Waals surface area contributed by atoms with Crippen molar-refractivity contribution < 1.29 is 38.6 Å². The van der Waals surface area contributed by atoms with Gasteiger partial charge in [0, 0.05) is 52.2 Å². The number of aliphatic imine (C=N–C) groups is 5. The number of esters is 1. The number of aldehydes is 1. The predicted molar refractivity (Wildman–Crippen MR) is 310 cm³/mol. The SMILES string of the molecule is CCC(CCCN=C(N)N)C(=O)NC(CCCN=C(N)N)C(=O)NC(CCCN=C(N)N)C(=O)NC(CCCN=C(N)N)C(=O)NC(CCCN=C(N)N)C(=O)OCCCCCCCCCCCCCCCCCC=O.CO. The van der Waals surface area contributed by atoms with E-state index in [0.29, 0.717) is 51.5 Å². The zero-order valence-electron chi connectivity index (χ0n) is 47.1. The van der Waals surface area contributed by atoms with Crippen LogP contribution in [0.1, 0.15) is 180 Å². The summed E-state index contributed by atoms with van der Waals surface area (Å²) < 4.78 is 5.67. The molecule has 0 aromatic heterocycles. The van der Waals surface area contributed by atoms with Crippen molar-refractivity contribution in [2.75, 3.05) is 46.4 Å². The van der Waals surface area contributed by atoms with Crippen molar-refractivity contribution in [3.63, 3.8) is 0 Å². The van der Waals surface area contributed by atoms with E-state index < -0.39 is 53.8 Å². The fraction of sp³-hybridized carbons (Fsp3) is 0.784. The zero-order valence-corrected chi connectivity index (χ0v) is 47.1. The van der Waals surface area contributed by atoms with E-state index >= 15 is 0 Å². The molecule has 4 amide bonds. The molecular formula is C51H103N19O8. The molecule has 0 aliphatic carbocycles. The van der Waals surface area contributed by atoms with Gasteiger partial charge in [-0.05, 0) is 83.5 Å². The van der Waals surface area contributed by atoms with Gasteiger partial charge in [-0.2, -0.15) is 0 Å². The summed E-state index contributed by atoms with van der Waals surface area (Å²) in [4.78, 5) is 100. The van der Waals surface area contributed by atoms with Crippen molar-refractivity contribution in [2.24, 2.45) is 88.2 Å². The van der Waals surface area contributed by atoms with Crippen LogP contribution in [-0.2, 0) is 33.5 Å². The lowest BCUT2D eigenvalue weighted by Gasteiger charge is -2.27. The van der Waals surface area contributed by atoms with Gasteiger partial charge in [0.2, 0.25) is 23.6 Å². The monoisotopic (exact) mass is 1110 g/mol. The molecule has 27 nitrogen and oxygen atoms in total. The number of hydrogen-bond acceptors (Lipinski definition) is 13. The highest BCUT2D eigenvalue weighted by Crippen LogP contribution is 2.16. The Kier molecular flexibility index (Phi) is 46.9. The molecule has 0 rings (SSSR count). The molecule has 27 heteroatoms. The normalized spacial score (nSPS) is 12.5. The second-order valence-electron chi connectivity index (χ2n) is 19.0. The number of carbonyl (C=O) groups excluding carboxylic acids is 6. The number of ether oxygens (including phenoxy) is 1. The third-order valence-electron chi connectivity index (χ3n) is 12.4. The van der Waals surface area contributed by atoms with Gasteiger partial charge < -0.3 is 93.2 Å². The first-order chi connectivity index (χ1) is 37.4. The van der Waals surface area contributed by atoms with Crippen LogP contribution >= 0.6 is 0 Å². The Labute approximate surface area is 463 Å². The summed E-state index contributed by atoms with van der Waals surface area (Å²) in [7, 11) is 1.00. The molecule has 25 N–H and O–H groups in total. The van der Waals surface area contributed by atoms with Crippen LogP contribution in [0.25, 0.3) is 0 Å². The Morgan fingerprint density at radius 1 is 0.397 bits per heavy atom. The predicted octanol–water partition coefficient (Wildman–Crippen LogP) is -0.188. The molecule has 0 aliphatic heterocycles. The van der Waals surface area contributed by atoms with Gasteiger partial charge in [-0.1, -0.05) is 90.4 Å². The maximum atomic E-state index is 14.3. The molecule has 0 aromatic carbocycles. The Morgan fingerprint density at radius 3 is 0.974 bits per heavy atom. The summed E-state index contributed by atoms with van der Waals surface area (Å²) in [6, 6.07) is -4.75. The van der Waals surface area contributed by atoms with Crippen molar-refractivity contribution in [1.82, 2.24) is 21.3 Å². The first-order valence-corrected chi connectivity index (χ1v) is 27.9. The summed E-state index contributed by atoms with van der Waals surface area (Å²) in [5.74, 6) is -4.32. The number of rotatable bonds is 48. The number of carbonyl (C=O) groups is 6. The summed E-state index contributed by atoms with van der Waals surface area (Å²) in [6.07, 6.45) is 21.2. The second-order valence-corrected chi connectivity index (χ2v) is 19.0. The molecule has 0 heterocycles. The Bertz CT molecular complexity index is 1780. The van der Waals surface area contributed by atoms with Gasteiger partial charge in [-0.3, -0.25) is 44.1 Å². The quantitative estimate of drug-likeness (QED) is 0.0123. The molecule has 0 fully saturated rings. The van der Waals surface area contributed by atoms with Crippen molar-refractivity contribution >= 4 is 65.7 Å². The lowest BCUT2D eigenvalue weighted by molar-refractivity contribution is -0.148. The highest BCUT2D eigenvalue weighted by Gasteiger charge is 2.32. The highest BCUT2D eigenvalue weighted by atomic mass is 16.5. The van der Waals surface area contributed by atoms with Crippen molar-refractivity contribution in [3.05, 3.63) is 0 Å². The van der Waals surface area contributed by atoms with E-state index in [1.165, 1.54) is 51.4 Å². The maximum Gasteiger partial charge on any atom is 0.328 e. The van der Waals surface area contributed by atoms with Gasteiger partial charge in [-0.15, -0.1) is 0 Å². The van der Waals surface area contributed by atoms with E-state index in [2.05, 4.69) is 46.2 Å². The molecule has 0 bridgehead atoms. The second kappa shape index (κ2) is 49.9. The fourth-order valence-corrected chi connectivity index (χ4v) is 8.14. The number of unbranched alkanes of at least 4 members (excludes halogenated alkanes) is 15. The van der Waals surface area contributed by atoms with E-state index in [0.717, 1.165) is 51.9 Å². The van der Waals surface area contributed by atoms with Crippen LogP contribution in [0.15, 0.2) is 25.0 Å². The summed E-state index contributed by atoms with van der Waals surface area (Å²) in [5, 5.41) is 18.1. The topological polar surface area (TPSA) is 502 Å². The van der Waals surface area contributed by atoms with Gasteiger partial charge in [0.15, 0.2) is 29.8 Å². The maximum absolute atomic E-state index is 14.3. The average molecular weight is 1110 g/mol. The van der Waals surface area contributed by atoms with Gasteiger partial charge in [-0.25, -0.2) is 4.79 Å². The van der Waals surface area contributed by atoms with Crippen LogP contribution in [-0.4, -0.2) is 141 Å². The highest BCUT2D eigenvalue weighted by molar-refractivity contribution is 5.95. The number of aliphatic hydroxyl groups excluding tert-OH is 1. The minimum atomic E-state index is -1.26. The molecule has 0 aliphatic rings. The van der Waals surface area contributed by atoms with E-state index in [1.54, 1.807) is 0 Å². The number of nitrogens with one attached hydrogen (secondary N) is 4. The minimum Gasteiger partial charge on any atom is -0.464 e. The number of nitrogens with zero attached hydrogens (tertiary/aromatic N) is 5. The van der Waals surface area contributed by atoms with Crippen LogP contribution in [0.2, 0.25) is 0 Å². The van der Waals surface area contributed by atoms with E-state index in [9.17, 15) is 28.8 Å².